The molecule has 19 heavy (non-hydrogen) atoms. The summed E-state index contributed by atoms with van der Waals surface area (Å²) >= 11 is 0. The summed E-state index contributed by atoms with van der Waals surface area (Å²) in [6.07, 6.45) is 0. The van der Waals surface area contributed by atoms with Crippen molar-refractivity contribution in [2.75, 3.05) is 11.9 Å². The van der Waals surface area contributed by atoms with Gasteiger partial charge in [-0.15, -0.1) is 0 Å². The van der Waals surface area contributed by atoms with Crippen LogP contribution < -0.4 is 4.90 Å². The van der Waals surface area contributed by atoms with Crippen LogP contribution in [0.1, 0.15) is 13.8 Å². The average molecular weight is 249 g/mol. The van der Waals surface area contributed by atoms with E-state index in [9.17, 15) is 0 Å². The lowest BCUT2D eigenvalue weighted by molar-refractivity contribution is 0.757. The Kier molecular flexibility index (Phi) is 2.90. The van der Waals surface area contributed by atoms with E-state index in [0.29, 0.717) is 6.04 Å². The Bertz CT molecular complexity index is 728. The van der Waals surface area contributed by atoms with Crippen LogP contribution in [0.4, 0.5) is 5.69 Å². The van der Waals surface area contributed by atoms with Gasteiger partial charge >= 0.3 is 0 Å². The summed E-state index contributed by atoms with van der Waals surface area (Å²) in [6, 6.07) is 20.2. The highest BCUT2D eigenvalue weighted by molar-refractivity contribution is 6.03. The van der Waals surface area contributed by atoms with E-state index in [1.54, 1.807) is 0 Å². The monoisotopic (exact) mass is 249 g/mol. The van der Waals surface area contributed by atoms with Gasteiger partial charge in [0.2, 0.25) is 0 Å². The van der Waals surface area contributed by atoms with Crippen molar-refractivity contribution in [1.82, 2.24) is 0 Å². The Morgan fingerprint density at radius 3 is 2.11 bits per heavy atom. The molecule has 0 aromatic heterocycles. The van der Waals surface area contributed by atoms with E-state index in [0.717, 1.165) is 0 Å². The summed E-state index contributed by atoms with van der Waals surface area (Å²) in [5, 5.41) is 5.25. The summed E-state index contributed by atoms with van der Waals surface area (Å²) in [5.41, 5.74) is 1.30. The van der Waals surface area contributed by atoms with Crippen LogP contribution in [0.15, 0.2) is 54.6 Å². The van der Waals surface area contributed by atoms with Gasteiger partial charge in [0.05, 0.1) is 0 Å². The highest BCUT2D eigenvalue weighted by Gasteiger charge is 2.09. The van der Waals surface area contributed by atoms with E-state index in [1.165, 1.54) is 27.2 Å². The molecule has 3 aromatic rings. The molecule has 0 amide bonds. The smallest absolute Gasteiger partial charge is 0.0445 e. The summed E-state index contributed by atoms with van der Waals surface area (Å²) in [7, 11) is 2.16. The zero-order chi connectivity index (χ0) is 13.4. The molecular formula is C18H19N. The Hall–Kier alpha value is -2.02. The second kappa shape index (κ2) is 4.58. The standard InChI is InChI=1S/C18H19N/c1-13(2)19(3)18-10-6-9-16-11-14-7-4-5-8-15(14)12-17(16)18/h4-13H,1-3H3. The highest BCUT2D eigenvalue weighted by Crippen LogP contribution is 2.30. The lowest BCUT2D eigenvalue weighted by atomic mass is 10.0. The number of rotatable bonds is 2. The van der Waals surface area contributed by atoms with Gasteiger partial charge in [-0.05, 0) is 48.2 Å². The predicted molar refractivity (Wildman–Crippen MR) is 85.0 cm³/mol. The van der Waals surface area contributed by atoms with Crippen molar-refractivity contribution >= 4 is 27.2 Å². The van der Waals surface area contributed by atoms with Crippen LogP contribution in [-0.2, 0) is 0 Å². The number of anilines is 1. The molecule has 96 valence electrons. The van der Waals surface area contributed by atoms with Crippen LogP contribution in [0, 0.1) is 0 Å². The van der Waals surface area contributed by atoms with Crippen molar-refractivity contribution in [3.8, 4) is 0 Å². The van der Waals surface area contributed by atoms with Gasteiger partial charge in [0.1, 0.15) is 0 Å². The van der Waals surface area contributed by atoms with Gasteiger partial charge in [0.15, 0.2) is 0 Å². The van der Waals surface area contributed by atoms with E-state index in [1.807, 2.05) is 0 Å². The molecule has 0 aliphatic carbocycles. The van der Waals surface area contributed by atoms with Crippen molar-refractivity contribution < 1.29 is 0 Å². The van der Waals surface area contributed by atoms with Crippen molar-refractivity contribution in [2.24, 2.45) is 0 Å². The SMILES string of the molecule is CC(C)N(C)c1cccc2cc3ccccc3cc12. The third kappa shape index (κ3) is 2.06. The first-order valence-corrected chi connectivity index (χ1v) is 6.81. The molecule has 0 bridgehead atoms. The second-order valence-electron chi connectivity index (χ2n) is 5.40. The minimum absolute atomic E-state index is 0.497. The first kappa shape index (κ1) is 12.0. The normalized spacial score (nSPS) is 11.4. The minimum Gasteiger partial charge on any atom is -0.372 e. The van der Waals surface area contributed by atoms with E-state index in [2.05, 4.69) is 80.4 Å². The Morgan fingerprint density at radius 2 is 1.42 bits per heavy atom. The van der Waals surface area contributed by atoms with Crippen LogP contribution in [0.5, 0.6) is 0 Å². The first-order chi connectivity index (χ1) is 9.16. The van der Waals surface area contributed by atoms with Gasteiger partial charge in [-0.1, -0.05) is 36.4 Å². The molecule has 0 saturated heterocycles. The van der Waals surface area contributed by atoms with Crippen LogP contribution >= 0.6 is 0 Å². The summed E-state index contributed by atoms with van der Waals surface area (Å²) in [5.74, 6) is 0. The van der Waals surface area contributed by atoms with E-state index < -0.39 is 0 Å². The Morgan fingerprint density at radius 1 is 0.789 bits per heavy atom. The second-order valence-corrected chi connectivity index (χ2v) is 5.40. The highest BCUT2D eigenvalue weighted by atomic mass is 15.1. The molecule has 0 aliphatic rings. The number of nitrogens with zero attached hydrogens (tertiary/aromatic N) is 1. The fraction of sp³-hybridized carbons (Fsp3) is 0.222. The van der Waals surface area contributed by atoms with Gasteiger partial charge in [-0.25, -0.2) is 0 Å². The van der Waals surface area contributed by atoms with Crippen LogP contribution in [0.25, 0.3) is 21.5 Å². The number of hydrogen-bond acceptors (Lipinski definition) is 1. The summed E-state index contributed by atoms with van der Waals surface area (Å²) in [6.45, 7) is 4.44. The number of fused-ring (bicyclic) bond motifs is 2. The van der Waals surface area contributed by atoms with Gasteiger partial charge in [0, 0.05) is 24.2 Å². The molecule has 0 radical (unpaired) electrons. The van der Waals surface area contributed by atoms with Crippen molar-refractivity contribution in [3.05, 3.63) is 54.6 Å². The predicted octanol–water partition coefficient (Wildman–Crippen LogP) is 4.84. The van der Waals surface area contributed by atoms with Crippen molar-refractivity contribution in [2.45, 2.75) is 19.9 Å². The third-order valence-corrected chi connectivity index (χ3v) is 3.88. The van der Waals surface area contributed by atoms with Crippen LogP contribution in [0.3, 0.4) is 0 Å². The fourth-order valence-corrected chi connectivity index (χ4v) is 2.54. The van der Waals surface area contributed by atoms with Gasteiger partial charge in [-0.3, -0.25) is 0 Å². The molecule has 0 unspecified atom stereocenters. The molecule has 0 heterocycles. The number of benzene rings is 3. The zero-order valence-electron chi connectivity index (χ0n) is 11.7. The van der Waals surface area contributed by atoms with Gasteiger partial charge < -0.3 is 4.90 Å². The van der Waals surface area contributed by atoms with Gasteiger partial charge in [-0.2, -0.15) is 0 Å². The average Bonchev–Trinajstić information content (AvgIpc) is 2.43. The number of hydrogen-bond donors (Lipinski definition) is 0. The molecule has 3 rings (SSSR count). The van der Waals surface area contributed by atoms with E-state index in [-0.39, 0.29) is 0 Å². The topological polar surface area (TPSA) is 3.24 Å². The Labute approximate surface area is 114 Å². The lowest BCUT2D eigenvalue weighted by Gasteiger charge is -2.25. The van der Waals surface area contributed by atoms with Crippen molar-refractivity contribution in [3.63, 3.8) is 0 Å². The first-order valence-electron chi connectivity index (χ1n) is 6.81. The minimum atomic E-state index is 0.497. The maximum Gasteiger partial charge on any atom is 0.0445 e. The zero-order valence-corrected chi connectivity index (χ0v) is 11.7. The van der Waals surface area contributed by atoms with Crippen molar-refractivity contribution in [1.29, 1.82) is 0 Å². The largest absolute Gasteiger partial charge is 0.372 e. The van der Waals surface area contributed by atoms with Crippen LogP contribution in [-0.4, -0.2) is 13.1 Å². The molecule has 0 atom stereocenters. The molecule has 0 aliphatic heterocycles. The lowest BCUT2D eigenvalue weighted by Crippen LogP contribution is -2.25. The summed E-state index contributed by atoms with van der Waals surface area (Å²) in [4.78, 5) is 2.33. The maximum absolute atomic E-state index is 2.33. The molecule has 0 saturated carbocycles. The molecule has 0 spiro atoms. The van der Waals surface area contributed by atoms with Crippen LogP contribution in [0.2, 0.25) is 0 Å². The molecular weight excluding hydrogens is 230 g/mol. The molecule has 0 fully saturated rings. The summed E-state index contributed by atoms with van der Waals surface area (Å²) < 4.78 is 0. The fourth-order valence-electron chi connectivity index (χ4n) is 2.54. The third-order valence-electron chi connectivity index (χ3n) is 3.88. The van der Waals surface area contributed by atoms with Gasteiger partial charge in [0.25, 0.3) is 0 Å². The maximum atomic E-state index is 2.33. The van der Waals surface area contributed by atoms with E-state index >= 15 is 0 Å². The molecule has 1 heteroatoms. The molecule has 3 aromatic carbocycles. The molecule has 0 N–H and O–H groups in total. The Balaban J connectivity index is 2.32. The quantitative estimate of drug-likeness (QED) is 0.587. The van der Waals surface area contributed by atoms with E-state index in [4.69, 9.17) is 0 Å². The molecule has 1 nitrogen and oxygen atoms in total.